The first-order valence-corrected chi connectivity index (χ1v) is 9.18. The predicted molar refractivity (Wildman–Crippen MR) is 104 cm³/mol. The maximum atomic E-state index is 13.7. The van der Waals surface area contributed by atoms with E-state index in [2.05, 4.69) is 35.0 Å². The Morgan fingerprint density at radius 3 is 2.50 bits per heavy atom. The van der Waals surface area contributed by atoms with E-state index in [9.17, 15) is 9.18 Å². The number of halogens is 1. The summed E-state index contributed by atoms with van der Waals surface area (Å²) in [5, 5.41) is 2.87. The van der Waals surface area contributed by atoms with Gasteiger partial charge in [0.1, 0.15) is 5.82 Å². The van der Waals surface area contributed by atoms with E-state index in [0.717, 1.165) is 44.0 Å². The molecule has 4 nitrogen and oxygen atoms in total. The van der Waals surface area contributed by atoms with E-state index in [4.69, 9.17) is 0 Å². The van der Waals surface area contributed by atoms with Gasteiger partial charge in [-0.1, -0.05) is 25.1 Å². The Morgan fingerprint density at radius 1 is 1.12 bits per heavy atom. The largest absolute Gasteiger partial charge is 0.369 e. The van der Waals surface area contributed by atoms with Crippen LogP contribution in [0.15, 0.2) is 42.5 Å². The molecular formula is C21H26FN3O. The lowest BCUT2D eigenvalue weighted by Gasteiger charge is -2.36. The van der Waals surface area contributed by atoms with Gasteiger partial charge in [-0.3, -0.25) is 4.79 Å². The zero-order chi connectivity index (χ0) is 18.5. The molecule has 0 bridgehead atoms. The maximum absolute atomic E-state index is 13.7. The van der Waals surface area contributed by atoms with Crippen LogP contribution in [0.5, 0.6) is 0 Å². The molecule has 3 rings (SSSR count). The highest BCUT2D eigenvalue weighted by Crippen LogP contribution is 2.25. The molecule has 2 aromatic carbocycles. The lowest BCUT2D eigenvalue weighted by molar-refractivity contribution is -0.115. The van der Waals surface area contributed by atoms with Gasteiger partial charge in [-0.15, -0.1) is 0 Å². The Balaban J connectivity index is 1.62. The van der Waals surface area contributed by atoms with Crippen molar-refractivity contribution < 1.29 is 9.18 Å². The fourth-order valence-corrected chi connectivity index (χ4v) is 3.41. The summed E-state index contributed by atoms with van der Waals surface area (Å²) in [4.78, 5) is 17.1. The Kier molecular flexibility index (Phi) is 5.89. The van der Waals surface area contributed by atoms with E-state index in [1.165, 1.54) is 11.8 Å². The number of carbonyl (C=O) groups is 1. The second kappa shape index (κ2) is 8.32. The second-order valence-electron chi connectivity index (χ2n) is 6.74. The maximum Gasteiger partial charge on any atom is 0.228 e. The Morgan fingerprint density at radius 2 is 1.85 bits per heavy atom. The van der Waals surface area contributed by atoms with E-state index in [1.807, 2.05) is 12.1 Å². The zero-order valence-corrected chi connectivity index (χ0v) is 15.5. The van der Waals surface area contributed by atoms with Gasteiger partial charge in [0.2, 0.25) is 5.91 Å². The van der Waals surface area contributed by atoms with Gasteiger partial charge in [0.05, 0.1) is 6.42 Å². The molecule has 26 heavy (non-hydrogen) atoms. The average molecular weight is 355 g/mol. The predicted octanol–water partition coefficient (Wildman–Crippen LogP) is 3.46. The van der Waals surface area contributed by atoms with Crippen molar-refractivity contribution in [1.82, 2.24) is 4.90 Å². The quantitative estimate of drug-likeness (QED) is 0.892. The highest BCUT2D eigenvalue weighted by molar-refractivity contribution is 5.92. The van der Waals surface area contributed by atoms with Crippen LogP contribution in [0.4, 0.5) is 15.8 Å². The van der Waals surface area contributed by atoms with Crippen molar-refractivity contribution in [2.45, 2.75) is 20.3 Å². The summed E-state index contributed by atoms with van der Waals surface area (Å²) in [6.45, 7) is 9.56. The first-order chi connectivity index (χ1) is 12.6. The molecule has 1 N–H and O–H groups in total. The summed E-state index contributed by atoms with van der Waals surface area (Å²) in [7, 11) is 0. The van der Waals surface area contributed by atoms with Crippen molar-refractivity contribution in [3.05, 3.63) is 59.4 Å². The zero-order valence-electron chi connectivity index (χ0n) is 15.5. The number of piperazine rings is 1. The number of aryl methyl sites for hydroxylation is 1. The molecular weight excluding hydrogens is 329 g/mol. The molecule has 1 saturated heterocycles. The number of hydrogen-bond donors (Lipinski definition) is 1. The normalized spacial score (nSPS) is 15.1. The van der Waals surface area contributed by atoms with E-state index in [0.29, 0.717) is 5.56 Å². The Hall–Kier alpha value is -2.40. The van der Waals surface area contributed by atoms with Gasteiger partial charge in [-0.05, 0) is 48.9 Å². The highest BCUT2D eigenvalue weighted by Gasteiger charge is 2.17. The monoisotopic (exact) mass is 355 g/mol. The van der Waals surface area contributed by atoms with E-state index in [-0.39, 0.29) is 18.1 Å². The van der Waals surface area contributed by atoms with Crippen molar-refractivity contribution >= 4 is 17.3 Å². The smallest absolute Gasteiger partial charge is 0.228 e. The van der Waals surface area contributed by atoms with Gasteiger partial charge < -0.3 is 15.1 Å². The Bertz CT molecular complexity index is 770. The third kappa shape index (κ3) is 4.41. The van der Waals surface area contributed by atoms with Crippen LogP contribution in [0, 0.1) is 12.7 Å². The van der Waals surface area contributed by atoms with Gasteiger partial charge in [0.15, 0.2) is 0 Å². The number of carbonyl (C=O) groups excluding carboxylic acids is 1. The fourth-order valence-electron chi connectivity index (χ4n) is 3.41. The molecule has 138 valence electrons. The van der Waals surface area contributed by atoms with Crippen molar-refractivity contribution in [3.8, 4) is 0 Å². The van der Waals surface area contributed by atoms with Crippen LogP contribution in [-0.2, 0) is 11.2 Å². The number of likely N-dealkylation sites (N-methyl/N-ethyl adjacent to an activating group) is 1. The minimum absolute atomic E-state index is 0.0342. The molecule has 0 radical (unpaired) electrons. The fraction of sp³-hybridized carbons (Fsp3) is 0.381. The van der Waals surface area contributed by atoms with Crippen LogP contribution in [0.2, 0.25) is 0 Å². The molecule has 1 amide bonds. The van der Waals surface area contributed by atoms with Gasteiger partial charge in [-0.25, -0.2) is 4.39 Å². The number of anilines is 2. The number of nitrogens with one attached hydrogen (secondary N) is 1. The third-order valence-electron chi connectivity index (χ3n) is 4.95. The first-order valence-electron chi connectivity index (χ1n) is 9.18. The third-order valence-corrected chi connectivity index (χ3v) is 4.95. The first kappa shape index (κ1) is 18.4. The summed E-state index contributed by atoms with van der Waals surface area (Å²) in [5.74, 6) is -0.556. The number of nitrogens with zero attached hydrogens (tertiary/aromatic N) is 2. The number of rotatable bonds is 5. The molecule has 1 aliphatic heterocycles. The summed E-state index contributed by atoms with van der Waals surface area (Å²) >= 11 is 0. The molecule has 0 aliphatic carbocycles. The molecule has 1 heterocycles. The van der Waals surface area contributed by atoms with Gasteiger partial charge in [0.25, 0.3) is 0 Å². The number of benzene rings is 2. The Labute approximate surface area is 154 Å². The molecule has 0 atom stereocenters. The molecule has 0 spiro atoms. The summed E-state index contributed by atoms with van der Waals surface area (Å²) in [6, 6.07) is 12.4. The number of hydrogen-bond acceptors (Lipinski definition) is 3. The van der Waals surface area contributed by atoms with Crippen LogP contribution in [0.3, 0.4) is 0 Å². The van der Waals surface area contributed by atoms with Crippen LogP contribution in [-0.4, -0.2) is 43.5 Å². The SMILES string of the molecule is CCN1CCN(c2ccc(NC(=O)Cc3ccccc3F)cc2C)CC1. The number of amides is 1. The van der Waals surface area contributed by atoms with E-state index in [1.54, 1.807) is 18.2 Å². The van der Waals surface area contributed by atoms with Gasteiger partial charge in [-0.2, -0.15) is 0 Å². The molecule has 5 heteroatoms. The summed E-state index contributed by atoms with van der Waals surface area (Å²) in [5.41, 5.74) is 3.51. The van der Waals surface area contributed by atoms with E-state index >= 15 is 0 Å². The second-order valence-corrected chi connectivity index (χ2v) is 6.74. The molecule has 0 unspecified atom stereocenters. The lowest BCUT2D eigenvalue weighted by atomic mass is 10.1. The molecule has 1 aliphatic rings. The molecule has 0 aromatic heterocycles. The molecule has 0 saturated carbocycles. The van der Waals surface area contributed by atoms with E-state index < -0.39 is 0 Å². The minimum Gasteiger partial charge on any atom is -0.369 e. The summed E-state index contributed by atoms with van der Waals surface area (Å²) < 4.78 is 13.7. The van der Waals surface area contributed by atoms with Crippen LogP contribution in [0.25, 0.3) is 0 Å². The topological polar surface area (TPSA) is 35.6 Å². The van der Waals surface area contributed by atoms with Crippen LogP contribution >= 0.6 is 0 Å². The van der Waals surface area contributed by atoms with Crippen LogP contribution < -0.4 is 10.2 Å². The van der Waals surface area contributed by atoms with Crippen molar-refractivity contribution in [3.63, 3.8) is 0 Å². The molecule has 2 aromatic rings. The standard InChI is InChI=1S/C21H26FN3O/c1-3-24-10-12-25(13-11-24)20-9-8-18(14-16(20)2)23-21(26)15-17-6-4-5-7-19(17)22/h4-9,14H,3,10-13,15H2,1-2H3,(H,23,26). The van der Waals surface area contributed by atoms with Crippen molar-refractivity contribution in [1.29, 1.82) is 0 Å². The summed E-state index contributed by atoms with van der Waals surface area (Å²) in [6.07, 6.45) is 0.0342. The highest BCUT2D eigenvalue weighted by atomic mass is 19.1. The average Bonchev–Trinajstić information content (AvgIpc) is 2.64. The van der Waals surface area contributed by atoms with Gasteiger partial charge in [0, 0.05) is 37.6 Å². The molecule has 1 fully saturated rings. The van der Waals surface area contributed by atoms with Crippen LogP contribution in [0.1, 0.15) is 18.1 Å². The van der Waals surface area contributed by atoms with Gasteiger partial charge >= 0.3 is 0 Å². The van der Waals surface area contributed by atoms with Crippen molar-refractivity contribution in [2.24, 2.45) is 0 Å². The van der Waals surface area contributed by atoms with Crippen molar-refractivity contribution in [2.75, 3.05) is 42.9 Å². The minimum atomic E-state index is -0.347. The lowest BCUT2D eigenvalue weighted by Crippen LogP contribution is -2.46.